The van der Waals surface area contributed by atoms with Gasteiger partial charge in [-0.05, 0) is 23.7 Å². The number of rotatable bonds is 4. The zero-order chi connectivity index (χ0) is 17.4. The quantitative estimate of drug-likeness (QED) is 0.257. The summed E-state index contributed by atoms with van der Waals surface area (Å²) in [5, 5.41) is 3.71. The van der Waals surface area contributed by atoms with Crippen molar-refractivity contribution in [2.24, 2.45) is 5.11 Å². The van der Waals surface area contributed by atoms with Gasteiger partial charge < -0.3 is 18.6 Å². The monoisotopic (exact) mass is 343 g/mol. The van der Waals surface area contributed by atoms with Crippen molar-refractivity contribution in [1.82, 2.24) is 0 Å². The molecule has 2 aliphatic heterocycles. The lowest BCUT2D eigenvalue weighted by atomic mass is 9.99. The summed E-state index contributed by atoms with van der Waals surface area (Å²) in [6, 6.07) is -0.752. The molecule has 130 valence electrons. The van der Waals surface area contributed by atoms with Gasteiger partial charge in [0.2, 0.25) is 0 Å². The highest BCUT2D eigenvalue weighted by molar-refractivity contribution is 6.74. The summed E-state index contributed by atoms with van der Waals surface area (Å²) in [5.74, 6) is -0.446. The van der Waals surface area contributed by atoms with Gasteiger partial charge in [-0.25, -0.2) is 0 Å². The van der Waals surface area contributed by atoms with E-state index in [0.29, 0.717) is 6.61 Å². The maximum Gasteiger partial charge on any atom is 0.303 e. The zero-order valence-electron chi connectivity index (χ0n) is 14.5. The Morgan fingerprint density at radius 1 is 1.35 bits per heavy atom. The first kappa shape index (κ1) is 18.2. The minimum absolute atomic E-state index is 0.0158. The number of hydrogen-bond acceptors (Lipinski definition) is 6. The highest BCUT2D eigenvalue weighted by atomic mass is 28.4. The van der Waals surface area contributed by atoms with Crippen LogP contribution in [0.15, 0.2) is 5.11 Å². The Bertz CT molecular complexity index is 515. The van der Waals surface area contributed by atoms with E-state index in [9.17, 15) is 4.79 Å². The SMILES string of the molecule is CC(=O)OC1C(O[Si](C)(C)C(C)(C)C)C2CO[C@H](O2)C1N=[N+]=[N-]. The van der Waals surface area contributed by atoms with Gasteiger partial charge in [0.05, 0.1) is 6.61 Å². The van der Waals surface area contributed by atoms with E-state index in [4.69, 9.17) is 24.2 Å². The summed E-state index contributed by atoms with van der Waals surface area (Å²) in [6.07, 6.45) is -2.24. The molecular weight excluding hydrogens is 318 g/mol. The first-order valence-corrected chi connectivity index (χ1v) is 10.6. The smallest absolute Gasteiger partial charge is 0.303 e. The molecule has 2 aliphatic rings. The fraction of sp³-hybridized carbons (Fsp3) is 0.929. The van der Waals surface area contributed by atoms with Gasteiger partial charge in [-0.3, -0.25) is 4.79 Å². The Labute approximate surface area is 137 Å². The van der Waals surface area contributed by atoms with Crippen LogP contribution in [0.1, 0.15) is 27.7 Å². The van der Waals surface area contributed by atoms with E-state index in [1.165, 1.54) is 6.92 Å². The van der Waals surface area contributed by atoms with Crippen LogP contribution in [0.4, 0.5) is 0 Å². The minimum atomic E-state index is -2.14. The molecule has 0 spiro atoms. The third kappa shape index (κ3) is 3.69. The number of carbonyl (C=O) groups excluding carboxylic acids is 1. The molecule has 0 radical (unpaired) electrons. The molecule has 2 fully saturated rings. The molecule has 2 rings (SSSR count). The summed E-state index contributed by atoms with van der Waals surface area (Å²) in [7, 11) is -2.14. The molecule has 0 aliphatic carbocycles. The molecule has 0 aromatic carbocycles. The second kappa shape index (κ2) is 6.41. The second-order valence-electron chi connectivity index (χ2n) is 7.49. The molecule has 0 aromatic rings. The standard InChI is InChI=1S/C14H25N3O5Si/c1-8(18)20-12-10(16-17-15)13-19-7-9(21-13)11(12)22-23(5,6)14(2,3)4/h9-13H,7H2,1-6H3/t9?,10?,11?,12?,13-/m1/s1. The first-order valence-electron chi connectivity index (χ1n) is 7.73. The zero-order valence-corrected chi connectivity index (χ0v) is 15.5. The molecular formula is C14H25N3O5Si. The van der Waals surface area contributed by atoms with Crippen LogP contribution >= 0.6 is 0 Å². The lowest BCUT2D eigenvalue weighted by molar-refractivity contribution is -0.194. The topological polar surface area (TPSA) is 103 Å². The van der Waals surface area contributed by atoms with Crippen molar-refractivity contribution in [1.29, 1.82) is 0 Å². The minimum Gasteiger partial charge on any atom is -0.459 e. The van der Waals surface area contributed by atoms with Gasteiger partial charge in [-0.15, -0.1) is 0 Å². The number of fused-ring (bicyclic) bond motifs is 2. The number of carbonyl (C=O) groups is 1. The van der Waals surface area contributed by atoms with Crippen LogP contribution in [-0.4, -0.2) is 51.5 Å². The molecule has 2 heterocycles. The van der Waals surface area contributed by atoms with Crippen LogP contribution in [0.5, 0.6) is 0 Å². The Hall–Kier alpha value is -1.12. The van der Waals surface area contributed by atoms with Crippen LogP contribution < -0.4 is 0 Å². The van der Waals surface area contributed by atoms with Gasteiger partial charge >= 0.3 is 5.97 Å². The van der Waals surface area contributed by atoms with E-state index < -0.39 is 38.8 Å². The van der Waals surface area contributed by atoms with E-state index in [1.54, 1.807) is 0 Å². The number of ether oxygens (including phenoxy) is 3. The first-order chi connectivity index (χ1) is 10.6. The Balaban J connectivity index is 2.32. The number of azide groups is 1. The van der Waals surface area contributed by atoms with Gasteiger partial charge in [-0.2, -0.15) is 0 Å². The summed E-state index contributed by atoms with van der Waals surface area (Å²) in [6.45, 7) is 12.3. The van der Waals surface area contributed by atoms with Gasteiger partial charge in [-0.1, -0.05) is 25.9 Å². The largest absolute Gasteiger partial charge is 0.459 e. The van der Waals surface area contributed by atoms with E-state index in [2.05, 4.69) is 43.9 Å². The van der Waals surface area contributed by atoms with Crippen molar-refractivity contribution in [3.05, 3.63) is 10.4 Å². The fourth-order valence-corrected chi connectivity index (χ4v) is 3.84. The second-order valence-corrected chi connectivity index (χ2v) is 12.2. The Morgan fingerprint density at radius 2 is 2.00 bits per heavy atom. The summed E-state index contributed by atoms with van der Waals surface area (Å²) in [5.41, 5.74) is 8.82. The average molecular weight is 343 g/mol. The van der Waals surface area contributed by atoms with E-state index in [0.717, 1.165) is 0 Å². The van der Waals surface area contributed by atoms with Crippen LogP contribution in [-0.2, 0) is 23.4 Å². The lowest BCUT2D eigenvalue weighted by Crippen LogP contribution is -2.59. The van der Waals surface area contributed by atoms with Crippen LogP contribution in [0.25, 0.3) is 10.4 Å². The van der Waals surface area contributed by atoms with Crippen LogP contribution in [0.2, 0.25) is 18.1 Å². The fourth-order valence-electron chi connectivity index (χ4n) is 2.52. The molecule has 2 saturated heterocycles. The molecule has 0 amide bonds. The van der Waals surface area contributed by atoms with Crippen LogP contribution in [0, 0.1) is 0 Å². The summed E-state index contributed by atoms with van der Waals surface area (Å²) >= 11 is 0. The van der Waals surface area contributed by atoms with Crippen molar-refractivity contribution in [2.45, 2.75) is 76.5 Å². The highest BCUT2D eigenvalue weighted by Gasteiger charge is 2.55. The molecule has 23 heavy (non-hydrogen) atoms. The number of esters is 1. The van der Waals surface area contributed by atoms with Crippen molar-refractivity contribution in [3.8, 4) is 0 Å². The predicted octanol–water partition coefficient (Wildman–Crippen LogP) is 2.74. The van der Waals surface area contributed by atoms with Gasteiger partial charge in [0.25, 0.3) is 0 Å². The van der Waals surface area contributed by atoms with Gasteiger partial charge in [0.1, 0.15) is 24.4 Å². The molecule has 0 saturated carbocycles. The van der Waals surface area contributed by atoms with Crippen molar-refractivity contribution in [2.75, 3.05) is 6.61 Å². The van der Waals surface area contributed by atoms with E-state index in [1.807, 2.05) is 0 Å². The normalized spacial score (nSPS) is 33.9. The number of hydrogen-bond donors (Lipinski definition) is 0. The average Bonchev–Trinajstić information content (AvgIpc) is 2.83. The Morgan fingerprint density at radius 3 is 2.52 bits per heavy atom. The predicted molar refractivity (Wildman–Crippen MR) is 85.2 cm³/mol. The maximum atomic E-state index is 11.5. The summed E-state index contributed by atoms with van der Waals surface area (Å²) < 4.78 is 23.2. The van der Waals surface area contributed by atoms with Crippen molar-refractivity contribution in [3.63, 3.8) is 0 Å². The van der Waals surface area contributed by atoms with Crippen molar-refractivity contribution < 1.29 is 23.4 Å². The third-order valence-corrected chi connectivity index (χ3v) is 9.24. The number of nitrogens with zero attached hydrogens (tertiary/aromatic N) is 3. The third-order valence-electron chi connectivity index (χ3n) is 4.76. The molecule has 5 atom stereocenters. The lowest BCUT2D eigenvalue weighted by Gasteiger charge is -2.45. The Kier molecular flexibility index (Phi) is 5.08. The molecule has 4 unspecified atom stereocenters. The molecule has 9 heteroatoms. The summed E-state index contributed by atoms with van der Waals surface area (Å²) in [4.78, 5) is 14.4. The van der Waals surface area contributed by atoms with Crippen molar-refractivity contribution >= 4 is 14.3 Å². The maximum absolute atomic E-state index is 11.5. The molecule has 8 nitrogen and oxygen atoms in total. The van der Waals surface area contributed by atoms with E-state index in [-0.39, 0.29) is 11.1 Å². The van der Waals surface area contributed by atoms with E-state index >= 15 is 0 Å². The molecule has 0 aromatic heterocycles. The van der Waals surface area contributed by atoms with Gasteiger partial charge in [0, 0.05) is 11.8 Å². The molecule has 2 bridgehead atoms. The van der Waals surface area contributed by atoms with Crippen LogP contribution in [0.3, 0.4) is 0 Å². The molecule has 0 N–H and O–H groups in total. The van der Waals surface area contributed by atoms with Gasteiger partial charge in [0.15, 0.2) is 14.6 Å². The highest BCUT2D eigenvalue weighted by Crippen LogP contribution is 2.41.